The van der Waals surface area contributed by atoms with Crippen LogP contribution in [0.25, 0.3) is 11.0 Å². The van der Waals surface area contributed by atoms with E-state index >= 15 is 0 Å². The number of H-pyrrole nitrogens is 1. The Morgan fingerprint density at radius 1 is 1.21 bits per heavy atom. The Morgan fingerprint density at radius 3 is 2.93 bits per heavy atom. The smallest absolute Gasteiger partial charge is 0.123 e. The van der Waals surface area contributed by atoms with E-state index in [0.29, 0.717) is 5.92 Å². The third-order valence-corrected chi connectivity index (χ3v) is 5.98. The summed E-state index contributed by atoms with van der Waals surface area (Å²) in [4.78, 5) is 13.2. The van der Waals surface area contributed by atoms with Crippen LogP contribution in [0.1, 0.15) is 31.2 Å². The molecule has 1 fully saturated rings. The van der Waals surface area contributed by atoms with Crippen molar-refractivity contribution in [1.29, 1.82) is 0 Å². The SMILES string of the molecule is CCN(Cc1nc2ccccc2[nH]1)C[C@H]1CCCN(CCc2cccc(F)c2)C1. The predicted molar refractivity (Wildman–Crippen MR) is 116 cm³/mol. The Balaban J connectivity index is 1.30. The van der Waals surface area contributed by atoms with E-state index in [2.05, 4.69) is 33.8 Å². The number of nitrogens with zero attached hydrogens (tertiary/aromatic N) is 3. The summed E-state index contributed by atoms with van der Waals surface area (Å²) < 4.78 is 13.4. The molecular weight excluding hydrogens is 363 g/mol. The van der Waals surface area contributed by atoms with E-state index in [-0.39, 0.29) is 5.82 Å². The number of para-hydroxylation sites is 2. The number of benzene rings is 2. The van der Waals surface area contributed by atoms with Gasteiger partial charge in [0.15, 0.2) is 0 Å². The number of nitrogens with one attached hydrogen (secondary N) is 1. The fourth-order valence-corrected chi connectivity index (χ4v) is 4.45. The summed E-state index contributed by atoms with van der Waals surface area (Å²) in [7, 11) is 0. The molecule has 0 amide bonds. The molecule has 1 aromatic heterocycles. The molecule has 1 atom stereocenters. The zero-order valence-electron chi connectivity index (χ0n) is 17.3. The fourth-order valence-electron chi connectivity index (χ4n) is 4.45. The lowest BCUT2D eigenvalue weighted by Gasteiger charge is -2.35. The van der Waals surface area contributed by atoms with Gasteiger partial charge in [-0.15, -0.1) is 0 Å². The van der Waals surface area contributed by atoms with Crippen molar-refractivity contribution in [1.82, 2.24) is 19.8 Å². The molecule has 3 aromatic rings. The molecule has 0 unspecified atom stereocenters. The van der Waals surface area contributed by atoms with Gasteiger partial charge in [-0.25, -0.2) is 9.37 Å². The number of hydrogen-bond donors (Lipinski definition) is 1. The number of aromatic amines is 1. The first kappa shape index (κ1) is 20.0. The van der Waals surface area contributed by atoms with Gasteiger partial charge < -0.3 is 9.88 Å². The first-order valence-corrected chi connectivity index (χ1v) is 10.8. The Morgan fingerprint density at radius 2 is 2.10 bits per heavy atom. The van der Waals surface area contributed by atoms with Gasteiger partial charge in [0.2, 0.25) is 0 Å². The van der Waals surface area contributed by atoms with Gasteiger partial charge in [0.05, 0.1) is 17.6 Å². The summed E-state index contributed by atoms with van der Waals surface area (Å²) in [6, 6.07) is 15.2. The average Bonchev–Trinajstić information content (AvgIpc) is 3.14. The number of likely N-dealkylation sites (tertiary alicyclic amines) is 1. The lowest BCUT2D eigenvalue weighted by molar-refractivity contribution is 0.132. The maximum Gasteiger partial charge on any atom is 0.123 e. The molecule has 5 heteroatoms. The highest BCUT2D eigenvalue weighted by atomic mass is 19.1. The summed E-state index contributed by atoms with van der Waals surface area (Å²) in [5.41, 5.74) is 3.24. The first-order valence-electron chi connectivity index (χ1n) is 10.8. The molecule has 0 bridgehead atoms. The molecule has 1 aliphatic heterocycles. The van der Waals surface area contributed by atoms with E-state index in [1.165, 1.54) is 18.9 Å². The van der Waals surface area contributed by atoms with Crippen LogP contribution in [0.4, 0.5) is 4.39 Å². The van der Waals surface area contributed by atoms with Crippen molar-refractivity contribution in [2.75, 3.05) is 32.7 Å². The average molecular weight is 395 g/mol. The van der Waals surface area contributed by atoms with Crippen molar-refractivity contribution in [3.63, 3.8) is 0 Å². The topological polar surface area (TPSA) is 35.2 Å². The summed E-state index contributed by atoms with van der Waals surface area (Å²) in [5, 5.41) is 0. The highest BCUT2D eigenvalue weighted by Gasteiger charge is 2.22. The maximum atomic E-state index is 13.4. The van der Waals surface area contributed by atoms with Crippen LogP contribution in [0.15, 0.2) is 48.5 Å². The van der Waals surface area contributed by atoms with Crippen molar-refractivity contribution >= 4 is 11.0 Å². The van der Waals surface area contributed by atoms with E-state index in [1.54, 1.807) is 12.1 Å². The van der Waals surface area contributed by atoms with E-state index in [1.807, 2.05) is 18.2 Å². The van der Waals surface area contributed by atoms with E-state index in [0.717, 1.165) is 68.1 Å². The van der Waals surface area contributed by atoms with Crippen LogP contribution in [0, 0.1) is 11.7 Å². The molecule has 29 heavy (non-hydrogen) atoms. The molecule has 1 N–H and O–H groups in total. The van der Waals surface area contributed by atoms with Crippen LogP contribution in [0.3, 0.4) is 0 Å². The predicted octanol–water partition coefficient (Wildman–Crippen LogP) is 4.48. The quantitative estimate of drug-likeness (QED) is 0.612. The number of rotatable bonds is 8. The number of piperidine rings is 1. The molecule has 0 saturated carbocycles. The largest absolute Gasteiger partial charge is 0.341 e. The van der Waals surface area contributed by atoms with Crippen LogP contribution in [-0.4, -0.2) is 52.5 Å². The standard InChI is InChI=1S/C24H31FN4/c1-2-28(18-24-26-22-10-3-4-11-23(22)27-24)16-20-8-6-13-29(17-20)14-12-19-7-5-9-21(25)15-19/h3-5,7,9-11,15,20H,2,6,8,12-14,16-18H2,1H3,(H,26,27)/t20-/m1/s1. The highest BCUT2D eigenvalue weighted by Crippen LogP contribution is 2.20. The zero-order valence-corrected chi connectivity index (χ0v) is 17.3. The lowest BCUT2D eigenvalue weighted by atomic mass is 9.97. The van der Waals surface area contributed by atoms with Crippen LogP contribution >= 0.6 is 0 Å². The molecule has 0 aliphatic carbocycles. The molecular formula is C24H31FN4. The molecule has 2 heterocycles. The van der Waals surface area contributed by atoms with Crippen LogP contribution in [0.5, 0.6) is 0 Å². The second kappa shape index (κ2) is 9.51. The van der Waals surface area contributed by atoms with Crippen molar-refractivity contribution in [2.45, 2.75) is 32.7 Å². The molecule has 154 valence electrons. The molecule has 2 aromatic carbocycles. The fraction of sp³-hybridized carbons (Fsp3) is 0.458. The van der Waals surface area contributed by atoms with Crippen molar-refractivity contribution in [3.8, 4) is 0 Å². The Bertz CT molecular complexity index is 889. The van der Waals surface area contributed by atoms with E-state index < -0.39 is 0 Å². The second-order valence-electron chi connectivity index (χ2n) is 8.22. The van der Waals surface area contributed by atoms with Crippen LogP contribution in [-0.2, 0) is 13.0 Å². The second-order valence-corrected chi connectivity index (χ2v) is 8.22. The number of fused-ring (bicyclic) bond motifs is 1. The van der Waals surface area contributed by atoms with Gasteiger partial charge in [-0.2, -0.15) is 0 Å². The van der Waals surface area contributed by atoms with E-state index in [4.69, 9.17) is 4.98 Å². The summed E-state index contributed by atoms with van der Waals surface area (Å²) in [5.74, 6) is 1.59. The first-order chi connectivity index (χ1) is 14.2. The van der Waals surface area contributed by atoms with Crippen LogP contribution in [0.2, 0.25) is 0 Å². The zero-order chi connectivity index (χ0) is 20.1. The van der Waals surface area contributed by atoms with Crippen molar-refractivity contribution < 1.29 is 4.39 Å². The molecule has 4 nitrogen and oxygen atoms in total. The highest BCUT2D eigenvalue weighted by molar-refractivity contribution is 5.74. The molecule has 1 aliphatic rings. The maximum absolute atomic E-state index is 13.4. The van der Waals surface area contributed by atoms with Gasteiger partial charge >= 0.3 is 0 Å². The van der Waals surface area contributed by atoms with Crippen molar-refractivity contribution in [2.24, 2.45) is 5.92 Å². The summed E-state index contributed by atoms with van der Waals surface area (Å²) in [6.07, 6.45) is 3.45. The minimum atomic E-state index is -0.136. The monoisotopic (exact) mass is 394 g/mol. The van der Waals surface area contributed by atoms with Gasteiger partial charge in [-0.3, -0.25) is 4.90 Å². The third-order valence-electron chi connectivity index (χ3n) is 5.98. The lowest BCUT2D eigenvalue weighted by Crippen LogP contribution is -2.41. The van der Waals surface area contributed by atoms with E-state index in [9.17, 15) is 4.39 Å². The van der Waals surface area contributed by atoms with Gasteiger partial charge in [-0.05, 0) is 68.1 Å². The molecule has 0 radical (unpaired) electrons. The number of aromatic nitrogens is 2. The van der Waals surface area contributed by atoms with Crippen LogP contribution < -0.4 is 0 Å². The molecule has 4 rings (SSSR count). The Labute approximate surface area is 172 Å². The van der Waals surface area contributed by atoms with Crippen molar-refractivity contribution in [3.05, 3.63) is 65.7 Å². The Hall–Kier alpha value is -2.24. The Kier molecular flexibility index (Phi) is 6.57. The molecule has 1 saturated heterocycles. The van der Waals surface area contributed by atoms with Gasteiger partial charge in [0.1, 0.15) is 11.6 Å². The number of imidazole rings is 1. The summed E-state index contributed by atoms with van der Waals surface area (Å²) >= 11 is 0. The van der Waals surface area contributed by atoms with Gasteiger partial charge in [0.25, 0.3) is 0 Å². The molecule has 0 spiro atoms. The minimum Gasteiger partial charge on any atom is -0.341 e. The number of hydrogen-bond acceptors (Lipinski definition) is 3. The van der Waals surface area contributed by atoms with Gasteiger partial charge in [0, 0.05) is 19.6 Å². The minimum absolute atomic E-state index is 0.136. The third kappa shape index (κ3) is 5.43. The number of halogens is 1. The normalized spacial score (nSPS) is 18.0. The van der Waals surface area contributed by atoms with Gasteiger partial charge in [-0.1, -0.05) is 31.2 Å². The summed E-state index contributed by atoms with van der Waals surface area (Å²) in [6.45, 7) is 8.52.